The number of benzene rings is 1. The molecule has 0 spiro atoms. The van der Waals surface area contributed by atoms with Crippen LogP contribution in [0.5, 0.6) is 5.75 Å². The van der Waals surface area contributed by atoms with Gasteiger partial charge in [0, 0.05) is 13.0 Å². The van der Waals surface area contributed by atoms with Crippen molar-refractivity contribution >= 4 is 17.5 Å². The normalized spacial score (nSPS) is 22.0. The fourth-order valence-corrected chi connectivity index (χ4v) is 2.84. The molecule has 1 aromatic rings. The van der Waals surface area contributed by atoms with Crippen LogP contribution in [-0.4, -0.2) is 29.5 Å². The van der Waals surface area contributed by atoms with Gasteiger partial charge in [0.1, 0.15) is 11.8 Å². The van der Waals surface area contributed by atoms with Crippen LogP contribution in [0, 0.1) is 0 Å². The first kappa shape index (κ1) is 12.0. The van der Waals surface area contributed by atoms with Crippen molar-refractivity contribution in [1.29, 1.82) is 0 Å². The maximum atomic E-state index is 12.5. The summed E-state index contributed by atoms with van der Waals surface area (Å²) in [4.78, 5) is 25.3. The summed E-state index contributed by atoms with van der Waals surface area (Å²) in [6.07, 6.45) is 2.68. The molecule has 2 aliphatic rings. The Hall–Kier alpha value is -2.04. The van der Waals surface area contributed by atoms with E-state index in [0.29, 0.717) is 25.1 Å². The average molecular weight is 260 g/mol. The van der Waals surface area contributed by atoms with E-state index in [1.807, 2.05) is 6.07 Å². The molecular formula is C14H16N2O3. The molecule has 1 atom stereocenters. The zero-order chi connectivity index (χ0) is 13.4. The van der Waals surface area contributed by atoms with Gasteiger partial charge in [0.2, 0.25) is 11.8 Å². The number of nitrogens with zero attached hydrogens (tertiary/aromatic N) is 1. The van der Waals surface area contributed by atoms with E-state index in [1.54, 1.807) is 17.0 Å². The van der Waals surface area contributed by atoms with E-state index in [-0.39, 0.29) is 17.6 Å². The topological polar surface area (TPSA) is 69.6 Å². The Labute approximate surface area is 111 Å². The van der Waals surface area contributed by atoms with E-state index in [1.165, 1.54) is 0 Å². The number of rotatable bonds is 1. The predicted octanol–water partition coefficient (Wildman–Crippen LogP) is 0.950. The van der Waals surface area contributed by atoms with Crippen LogP contribution in [0.2, 0.25) is 0 Å². The molecule has 1 saturated heterocycles. The number of carbonyl (C=O) groups excluding carboxylic acids is 2. The second kappa shape index (κ2) is 4.57. The van der Waals surface area contributed by atoms with Gasteiger partial charge in [0.15, 0.2) is 0 Å². The first-order chi connectivity index (χ1) is 9.16. The lowest BCUT2D eigenvalue weighted by atomic mass is 10.00. The van der Waals surface area contributed by atoms with E-state index < -0.39 is 6.04 Å². The molecule has 0 aliphatic carbocycles. The van der Waals surface area contributed by atoms with Crippen molar-refractivity contribution in [2.75, 3.05) is 11.4 Å². The molecular weight excluding hydrogens is 244 g/mol. The summed E-state index contributed by atoms with van der Waals surface area (Å²) in [5, 5.41) is 12.7. The molecule has 5 heteroatoms. The van der Waals surface area contributed by atoms with Crippen LogP contribution in [0.15, 0.2) is 18.2 Å². The number of aryl methyl sites for hydroxylation is 1. The first-order valence-electron chi connectivity index (χ1n) is 6.58. The SMILES string of the molecule is O=C1CCC(C(=O)N2CCCc3cccc(O)c32)N1. The number of hydrogen-bond donors (Lipinski definition) is 2. The van der Waals surface area contributed by atoms with Gasteiger partial charge in [0.25, 0.3) is 0 Å². The largest absolute Gasteiger partial charge is 0.506 e. The van der Waals surface area contributed by atoms with Gasteiger partial charge < -0.3 is 15.3 Å². The number of anilines is 1. The van der Waals surface area contributed by atoms with Crippen LogP contribution >= 0.6 is 0 Å². The minimum Gasteiger partial charge on any atom is -0.506 e. The van der Waals surface area contributed by atoms with Crippen molar-refractivity contribution in [3.05, 3.63) is 23.8 Å². The van der Waals surface area contributed by atoms with Gasteiger partial charge in [-0.15, -0.1) is 0 Å². The molecule has 0 bridgehead atoms. The van der Waals surface area contributed by atoms with Crippen LogP contribution in [0.3, 0.4) is 0 Å². The highest BCUT2D eigenvalue weighted by molar-refractivity contribution is 6.02. The molecule has 2 N–H and O–H groups in total. The number of phenolic OH excluding ortho intramolecular Hbond substituents is 1. The number of fused-ring (bicyclic) bond motifs is 1. The Morgan fingerprint density at radius 3 is 2.95 bits per heavy atom. The highest BCUT2D eigenvalue weighted by Crippen LogP contribution is 2.36. The molecule has 5 nitrogen and oxygen atoms in total. The van der Waals surface area contributed by atoms with E-state index in [0.717, 1.165) is 18.4 Å². The van der Waals surface area contributed by atoms with E-state index in [9.17, 15) is 14.7 Å². The van der Waals surface area contributed by atoms with Gasteiger partial charge >= 0.3 is 0 Å². The third-order valence-electron chi connectivity index (χ3n) is 3.76. The Morgan fingerprint density at radius 2 is 2.21 bits per heavy atom. The lowest BCUT2D eigenvalue weighted by molar-refractivity contribution is -0.124. The van der Waals surface area contributed by atoms with Gasteiger partial charge in [-0.05, 0) is 30.9 Å². The summed E-state index contributed by atoms with van der Waals surface area (Å²) >= 11 is 0. The molecule has 1 aromatic carbocycles. The Morgan fingerprint density at radius 1 is 1.37 bits per heavy atom. The summed E-state index contributed by atoms with van der Waals surface area (Å²) in [5.41, 5.74) is 1.60. The fraction of sp³-hybridized carbons (Fsp3) is 0.429. The number of amides is 2. The van der Waals surface area contributed by atoms with Crippen LogP contribution in [0.4, 0.5) is 5.69 Å². The lowest BCUT2D eigenvalue weighted by Crippen LogP contribution is -2.46. The second-order valence-electron chi connectivity index (χ2n) is 5.04. The Bertz CT molecular complexity index is 541. The lowest BCUT2D eigenvalue weighted by Gasteiger charge is -2.31. The summed E-state index contributed by atoms with van der Waals surface area (Å²) < 4.78 is 0. The zero-order valence-electron chi connectivity index (χ0n) is 10.6. The highest BCUT2D eigenvalue weighted by Gasteiger charge is 2.34. The average Bonchev–Trinajstić information content (AvgIpc) is 2.84. The number of phenols is 1. The number of hydrogen-bond acceptors (Lipinski definition) is 3. The summed E-state index contributed by atoms with van der Waals surface area (Å²) in [5.74, 6) is -0.0592. The van der Waals surface area contributed by atoms with Crippen molar-refractivity contribution < 1.29 is 14.7 Å². The predicted molar refractivity (Wildman–Crippen MR) is 69.9 cm³/mol. The Kier molecular flexibility index (Phi) is 2.89. The summed E-state index contributed by atoms with van der Waals surface area (Å²) in [7, 11) is 0. The van der Waals surface area contributed by atoms with Crippen LogP contribution < -0.4 is 10.2 Å². The molecule has 0 radical (unpaired) electrons. The smallest absolute Gasteiger partial charge is 0.249 e. The molecule has 1 unspecified atom stereocenters. The van der Waals surface area contributed by atoms with E-state index in [2.05, 4.69) is 5.32 Å². The Balaban J connectivity index is 1.91. The molecule has 2 heterocycles. The van der Waals surface area contributed by atoms with Crippen molar-refractivity contribution in [2.24, 2.45) is 0 Å². The molecule has 2 aliphatic heterocycles. The molecule has 3 rings (SSSR count). The molecule has 2 amide bonds. The molecule has 0 saturated carbocycles. The fourth-order valence-electron chi connectivity index (χ4n) is 2.84. The zero-order valence-corrected chi connectivity index (χ0v) is 10.6. The quantitative estimate of drug-likeness (QED) is 0.790. The maximum Gasteiger partial charge on any atom is 0.249 e. The van der Waals surface area contributed by atoms with Gasteiger partial charge in [0.05, 0.1) is 5.69 Å². The van der Waals surface area contributed by atoms with E-state index in [4.69, 9.17) is 0 Å². The van der Waals surface area contributed by atoms with Crippen LogP contribution in [0.25, 0.3) is 0 Å². The van der Waals surface area contributed by atoms with E-state index >= 15 is 0 Å². The minimum absolute atomic E-state index is 0.0760. The number of carbonyl (C=O) groups is 2. The van der Waals surface area contributed by atoms with Crippen molar-refractivity contribution in [3.63, 3.8) is 0 Å². The van der Waals surface area contributed by atoms with Crippen LogP contribution in [0.1, 0.15) is 24.8 Å². The van der Waals surface area contributed by atoms with Crippen molar-refractivity contribution in [3.8, 4) is 5.75 Å². The second-order valence-corrected chi connectivity index (χ2v) is 5.04. The molecule has 19 heavy (non-hydrogen) atoms. The monoisotopic (exact) mass is 260 g/mol. The molecule has 0 aromatic heterocycles. The van der Waals surface area contributed by atoms with Gasteiger partial charge in [-0.3, -0.25) is 9.59 Å². The maximum absolute atomic E-state index is 12.5. The van der Waals surface area contributed by atoms with Gasteiger partial charge in [-0.25, -0.2) is 0 Å². The molecule has 100 valence electrons. The molecule has 1 fully saturated rings. The number of aromatic hydroxyl groups is 1. The number of nitrogens with one attached hydrogen (secondary N) is 1. The third-order valence-corrected chi connectivity index (χ3v) is 3.76. The minimum atomic E-state index is -0.446. The summed E-state index contributed by atoms with van der Waals surface area (Å²) in [6.45, 7) is 0.593. The van der Waals surface area contributed by atoms with Gasteiger partial charge in [-0.1, -0.05) is 12.1 Å². The highest BCUT2D eigenvalue weighted by atomic mass is 16.3. The third kappa shape index (κ3) is 2.05. The first-order valence-corrected chi connectivity index (χ1v) is 6.58. The summed E-state index contributed by atoms with van der Waals surface area (Å²) in [6, 6.07) is 4.87. The van der Waals surface area contributed by atoms with Crippen LogP contribution in [-0.2, 0) is 16.0 Å². The van der Waals surface area contributed by atoms with Crippen molar-refractivity contribution in [2.45, 2.75) is 31.7 Å². The number of para-hydroxylation sites is 1. The van der Waals surface area contributed by atoms with Gasteiger partial charge in [-0.2, -0.15) is 0 Å². The van der Waals surface area contributed by atoms with Crippen molar-refractivity contribution in [1.82, 2.24) is 5.32 Å². The standard InChI is InChI=1S/C14H16N2O3/c17-11-5-1-3-9-4-2-8-16(13(9)11)14(19)10-6-7-12(18)15-10/h1,3,5,10,17H,2,4,6-8H2,(H,15,18).